The van der Waals surface area contributed by atoms with Gasteiger partial charge in [-0.2, -0.15) is 0 Å². The van der Waals surface area contributed by atoms with Crippen molar-refractivity contribution in [1.82, 2.24) is 0 Å². The molecule has 0 spiro atoms. The molecule has 0 aliphatic carbocycles. The van der Waals surface area contributed by atoms with Crippen LogP contribution in [-0.4, -0.2) is 71.7 Å². The third-order valence-electron chi connectivity index (χ3n) is 7.79. The van der Waals surface area contributed by atoms with Gasteiger partial charge in [-0.25, -0.2) is 4.57 Å². The molecule has 0 fully saturated rings. The summed E-state index contributed by atoms with van der Waals surface area (Å²) in [5.74, 6) is -1.00. The molecule has 0 saturated carbocycles. The van der Waals surface area contributed by atoms with Gasteiger partial charge in [-0.05, 0) is 38.5 Å². The van der Waals surface area contributed by atoms with Crippen LogP contribution in [0.4, 0.5) is 0 Å². The lowest BCUT2D eigenvalue weighted by molar-refractivity contribution is -0.161. The normalized spacial score (nSPS) is 15.4. The Labute approximate surface area is 319 Å². The molecule has 4 atom stereocenters. The smallest absolute Gasteiger partial charge is 0.462 e. The fourth-order valence-corrected chi connectivity index (χ4v) is 5.60. The van der Waals surface area contributed by atoms with Crippen molar-refractivity contribution in [2.75, 3.05) is 26.4 Å². The predicted molar refractivity (Wildman–Crippen MR) is 213 cm³/mol. The molecule has 0 aromatic rings. The number of phosphoric acid groups is 1. The summed E-state index contributed by atoms with van der Waals surface area (Å²) < 4.78 is 32.5. The van der Waals surface area contributed by atoms with E-state index < -0.39 is 44.7 Å². The van der Waals surface area contributed by atoms with Crippen molar-refractivity contribution in [3.63, 3.8) is 0 Å². The van der Waals surface area contributed by atoms with Crippen molar-refractivity contribution < 1.29 is 47.8 Å². The van der Waals surface area contributed by atoms with E-state index in [0.717, 1.165) is 25.7 Å². The number of esters is 2. The Bertz CT molecular complexity index is 1130. The maximum Gasteiger partial charge on any atom is 0.472 e. The first-order valence-corrected chi connectivity index (χ1v) is 21.1. The lowest BCUT2D eigenvalue weighted by atomic mass is 10.1. The number of unbranched alkanes of at least 4 members (excludes halogenated alkanes) is 10. The van der Waals surface area contributed by atoms with E-state index in [1.165, 1.54) is 44.9 Å². The minimum absolute atomic E-state index is 0.0247. The van der Waals surface area contributed by atoms with E-state index in [4.69, 9.17) is 24.3 Å². The first-order chi connectivity index (χ1) is 25.6. The molecule has 53 heavy (non-hydrogen) atoms. The summed E-state index contributed by atoms with van der Waals surface area (Å²) in [7, 11) is -4.41. The number of aliphatic hydroxyl groups excluding tert-OH is 2. The van der Waals surface area contributed by atoms with Crippen LogP contribution in [0.5, 0.6) is 0 Å². The average molecular weight is 768 g/mol. The molecule has 0 aliphatic rings. The molecule has 0 saturated heterocycles. The minimum Gasteiger partial charge on any atom is -0.462 e. The monoisotopic (exact) mass is 767 g/mol. The van der Waals surface area contributed by atoms with Crippen molar-refractivity contribution in [2.45, 2.75) is 148 Å². The Morgan fingerprint density at radius 1 is 0.679 bits per heavy atom. The van der Waals surface area contributed by atoms with Gasteiger partial charge in [-0.1, -0.05) is 151 Å². The van der Waals surface area contributed by atoms with Crippen LogP contribution in [0.2, 0.25) is 0 Å². The minimum atomic E-state index is -4.41. The van der Waals surface area contributed by atoms with Crippen LogP contribution in [0.1, 0.15) is 129 Å². The fraction of sp³-hybridized carbons (Fsp3) is 0.659. The molecule has 12 heteroatoms. The van der Waals surface area contributed by atoms with Gasteiger partial charge >= 0.3 is 19.8 Å². The van der Waals surface area contributed by atoms with E-state index in [1.807, 2.05) is 43.4 Å². The van der Waals surface area contributed by atoms with Crippen LogP contribution in [0.15, 0.2) is 72.9 Å². The molecular weight excluding hydrogens is 697 g/mol. The molecular formula is C41H70NO10P. The van der Waals surface area contributed by atoms with Crippen molar-refractivity contribution in [1.29, 1.82) is 0 Å². The number of allylic oxidation sites excluding steroid dienone is 8. The maximum atomic E-state index is 12.5. The van der Waals surface area contributed by atoms with Gasteiger partial charge in [0.25, 0.3) is 0 Å². The third-order valence-corrected chi connectivity index (χ3v) is 8.77. The number of hydrogen-bond donors (Lipinski definition) is 4. The second-order valence-corrected chi connectivity index (χ2v) is 14.3. The number of rotatable bonds is 35. The second kappa shape index (κ2) is 36.4. The number of phosphoric ester groups is 1. The van der Waals surface area contributed by atoms with E-state index in [1.54, 1.807) is 36.5 Å². The summed E-state index contributed by atoms with van der Waals surface area (Å²) in [4.78, 5) is 34.7. The van der Waals surface area contributed by atoms with Gasteiger partial charge in [0.05, 0.1) is 25.4 Å². The van der Waals surface area contributed by atoms with Gasteiger partial charge in [0.15, 0.2) is 6.10 Å². The summed E-state index contributed by atoms with van der Waals surface area (Å²) in [6.07, 6.45) is 35.9. The molecule has 1 unspecified atom stereocenters. The molecule has 5 N–H and O–H groups in total. The van der Waals surface area contributed by atoms with Gasteiger partial charge in [0.2, 0.25) is 0 Å². The van der Waals surface area contributed by atoms with Crippen LogP contribution >= 0.6 is 7.82 Å². The number of nitrogens with two attached hydrogens (primary N) is 1. The van der Waals surface area contributed by atoms with Gasteiger partial charge in [0.1, 0.15) is 6.61 Å². The maximum absolute atomic E-state index is 12.5. The Balaban J connectivity index is 4.45. The van der Waals surface area contributed by atoms with Crippen LogP contribution in [0, 0.1) is 0 Å². The van der Waals surface area contributed by atoms with E-state index in [0.29, 0.717) is 32.1 Å². The van der Waals surface area contributed by atoms with Crippen LogP contribution < -0.4 is 5.73 Å². The second-order valence-electron chi connectivity index (χ2n) is 12.8. The lowest BCUT2D eigenvalue weighted by Gasteiger charge is -2.19. The van der Waals surface area contributed by atoms with Gasteiger partial charge in [0, 0.05) is 19.4 Å². The lowest BCUT2D eigenvalue weighted by Crippen LogP contribution is -2.29. The summed E-state index contributed by atoms with van der Waals surface area (Å²) in [5.41, 5.74) is 5.32. The SMILES string of the molecule is CC/C=C\C[C@@H](O)/C=C/C=C\C=C\[C@@H](O)C/C=C\C/C=C\CCC(=O)OC[C@H](COP(=O)(O)OCCN)OC(=O)CCCCCCCCCCCCC. The molecule has 0 rings (SSSR count). The van der Waals surface area contributed by atoms with Gasteiger partial charge in [-0.3, -0.25) is 18.6 Å². The topological polar surface area (TPSA) is 175 Å². The average Bonchev–Trinajstić information content (AvgIpc) is 3.13. The number of hydrogen-bond acceptors (Lipinski definition) is 10. The van der Waals surface area contributed by atoms with Gasteiger partial charge < -0.3 is 30.3 Å². The van der Waals surface area contributed by atoms with Crippen molar-refractivity contribution >= 4 is 19.8 Å². The Morgan fingerprint density at radius 3 is 1.83 bits per heavy atom. The molecule has 304 valence electrons. The predicted octanol–water partition coefficient (Wildman–Crippen LogP) is 8.65. The van der Waals surface area contributed by atoms with E-state index >= 15 is 0 Å². The fourth-order valence-electron chi connectivity index (χ4n) is 4.83. The van der Waals surface area contributed by atoms with Crippen molar-refractivity contribution in [3.8, 4) is 0 Å². The molecule has 0 aliphatic heterocycles. The summed E-state index contributed by atoms with van der Waals surface area (Å²) in [6.45, 7) is 3.30. The Kier molecular flexibility index (Phi) is 34.5. The number of carbonyl (C=O) groups excluding carboxylic acids is 2. The molecule has 0 radical (unpaired) electrons. The highest BCUT2D eigenvalue weighted by atomic mass is 31.2. The summed E-state index contributed by atoms with van der Waals surface area (Å²) >= 11 is 0. The zero-order valence-corrected chi connectivity index (χ0v) is 33.3. The van der Waals surface area contributed by atoms with Crippen molar-refractivity contribution in [3.05, 3.63) is 72.9 Å². The highest BCUT2D eigenvalue weighted by Gasteiger charge is 2.25. The van der Waals surface area contributed by atoms with Crippen LogP contribution in [-0.2, 0) is 32.7 Å². The van der Waals surface area contributed by atoms with E-state index in [9.17, 15) is 29.3 Å². The van der Waals surface area contributed by atoms with Gasteiger partial charge in [-0.15, -0.1) is 0 Å². The summed E-state index contributed by atoms with van der Waals surface area (Å²) in [6, 6.07) is 0. The molecule has 0 aromatic heterocycles. The number of aliphatic hydroxyl groups is 2. The quantitative estimate of drug-likeness (QED) is 0.0160. The van der Waals surface area contributed by atoms with E-state index in [-0.39, 0.29) is 32.6 Å². The van der Waals surface area contributed by atoms with E-state index in [2.05, 4.69) is 6.92 Å². The third kappa shape index (κ3) is 36.1. The Morgan fingerprint density at radius 2 is 1.25 bits per heavy atom. The molecule has 0 heterocycles. The number of ether oxygens (including phenoxy) is 2. The molecule has 0 aromatic carbocycles. The highest BCUT2D eigenvalue weighted by Crippen LogP contribution is 2.43. The first-order valence-electron chi connectivity index (χ1n) is 19.6. The highest BCUT2D eigenvalue weighted by molar-refractivity contribution is 7.47. The Hall–Kier alpha value is -2.63. The summed E-state index contributed by atoms with van der Waals surface area (Å²) in [5, 5.41) is 19.9. The first kappa shape index (κ1) is 50.4. The standard InChI is InChI=1S/C41H70NO10P/c1-3-5-7-8-9-10-11-12-13-18-26-32-41(46)52-39(36-51-53(47,48)50-34-33-42)35-49-40(45)31-25-17-15-14-16-22-28-38(44)30-24-20-19-23-29-37(43)27-21-6-4-2/h6,15-17,19-24,29-30,37-39,43-44H,3-5,7-14,18,25-28,31-36,42H2,1-2H3,(H,47,48)/b17-15-,20-19-,21-6-,22-16-,29-23+,30-24+/t37-,38+,39-/m1/s1. The zero-order valence-electron chi connectivity index (χ0n) is 32.4. The zero-order chi connectivity index (χ0) is 39.3. The largest absolute Gasteiger partial charge is 0.472 e. The molecule has 0 amide bonds. The van der Waals surface area contributed by atoms with Crippen molar-refractivity contribution in [2.24, 2.45) is 5.73 Å². The van der Waals surface area contributed by atoms with Crippen LogP contribution in [0.3, 0.4) is 0 Å². The van der Waals surface area contributed by atoms with Crippen LogP contribution in [0.25, 0.3) is 0 Å². The molecule has 0 bridgehead atoms. The molecule has 11 nitrogen and oxygen atoms in total. The number of carbonyl (C=O) groups is 2.